The van der Waals surface area contributed by atoms with Gasteiger partial charge in [0.2, 0.25) is 0 Å². The molecule has 1 aliphatic heterocycles. The number of aromatic nitrogens is 2. The van der Waals surface area contributed by atoms with Crippen molar-refractivity contribution in [2.24, 2.45) is 0 Å². The minimum absolute atomic E-state index is 0.289. The number of aryl methyl sites for hydroxylation is 2. The van der Waals surface area contributed by atoms with E-state index >= 15 is 0 Å². The van der Waals surface area contributed by atoms with Gasteiger partial charge in [0.1, 0.15) is 11.4 Å². The molecule has 5 nitrogen and oxygen atoms in total. The van der Waals surface area contributed by atoms with E-state index in [2.05, 4.69) is 17.3 Å². The summed E-state index contributed by atoms with van der Waals surface area (Å²) in [6.45, 7) is 6.98. The van der Waals surface area contributed by atoms with Crippen LogP contribution in [-0.4, -0.2) is 28.4 Å². The van der Waals surface area contributed by atoms with Crippen molar-refractivity contribution in [3.05, 3.63) is 11.3 Å². The van der Waals surface area contributed by atoms with Crippen LogP contribution < -0.4 is 5.32 Å². The number of hydrogen-bond acceptors (Lipinski definition) is 4. The summed E-state index contributed by atoms with van der Waals surface area (Å²) in [7, 11) is 0. The summed E-state index contributed by atoms with van der Waals surface area (Å²) in [6, 6.07) is 0.372. The maximum Gasteiger partial charge on any atom is 0.343 e. The molecule has 5 heteroatoms. The molecule has 0 aromatic carbocycles. The number of hydrogen-bond donors (Lipinski definition) is 1. The summed E-state index contributed by atoms with van der Waals surface area (Å²) >= 11 is 0. The van der Waals surface area contributed by atoms with Crippen LogP contribution >= 0.6 is 0 Å². The van der Waals surface area contributed by atoms with Gasteiger partial charge in [-0.15, -0.1) is 0 Å². The van der Waals surface area contributed by atoms with Crippen molar-refractivity contribution in [3.63, 3.8) is 0 Å². The molecule has 0 aliphatic carbocycles. The van der Waals surface area contributed by atoms with E-state index in [1.165, 1.54) is 0 Å². The molecule has 0 spiro atoms. The number of anilines is 1. The third-order valence-corrected chi connectivity index (χ3v) is 2.76. The minimum Gasteiger partial charge on any atom is -0.462 e. The van der Waals surface area contributed by atoms with E-state index in [4.69, 9.17) is 4.74 Å². The SMILES string of the molecule is CCOC(=O)c1c(C)nn2c1NC(C)CC2. The van der Waals surface area contributed by atoms with Crippen LogP contribution in [0.3, 0.4) is 0 Å². The van der Waals surface area contributed by atoms with Crippen LogP contribution in [0.1, 0.15) is 36.3 Å². The molecule has 1 atom stereocenters. The molecule has 1 unspecified atom stereocenters. The van der Waals surface area contributed by atoms with E-state index in [9.17, 15) is 4.79 Å². The highest BCUT2D eigenvalue weighted by atomic mass is 16.5. The van der Waals surface area contributed by atoms with Crippen LogP contribution in [0, 0.1) is 6.92 Å². The molecule has 0 saturated heterocycles. The fourth-order valence-electron chi connectivity index (χ4n) is 1.96. The second-order valence-electron chi connectivity index (χ2n) is 4.09. The first-order valence-electron chi connectivity index (χ1n) is 5.64. The van der Waals surface area contributed by atoms with Crippen molar-refractivity contribution in [2.75, 3.05) is 11.9 Å². The van der Waals surface area contributed by atoms with Crippen molar-refractivity contribution in [1.82, 2.24) is 9.78 Å². The summed E-state index contributed by atoms with van der Waals surface area (Å²) in [5.74, 6) is 0.512. The first-order valence-corrected chi connectivity index (χ1v) is 5.64. The normalized spacial score (nSPS) is 18.8. The molecule has 2 heterocycles. The molecule has 0 amide bonds. The number of ether oxygens (including phenoxy) is 1. The van der Waals surface area contributed by atoms with Gasteiger partial charge < -0.3 is 10.1 Å². The lowest BCUT2D eigenvalue weighted by molar-refractivity contribution is 0.0526. The molecular formula is C11H17N3O2. The first kappa shape index (κ1) is 11.0. The van der Waals surface area contributed by atoms with Crippen molar-refractivity contribution < 1.29 is 9.53 Å². The Kier molecular flexibility index (Phi) is 2.85. The van der Waals surface area contributed by atoms with Crippen LogP contribution in [0.15, 0.2) is 0 Å². The highest BCUT2D eigenvalue weighted by molar-refractivity contribution is 5.96. The molecule has 0 saturated carbocycles. The van der Waals surface area contributed by atoms with Gasteiger partial charge in [-0.05, 0) is 27.2 Å². The van der Waals surface area contributed by atoms with Crippen molar-refractivity contribution >= 4 is 11.8 Å². The highest BCUT2D eigenvalue weighted by Crippen LogP contribution is 2.25. The number of nitrogens with zero attached hydrogens (tertiary/aromatic N) is 2. The Morgan fingerprint density at radius 1 is 1.69 bits per heavy atom. The monoisotopic (exact) mass is 223 g/mol. The topological polar surface area (TPSA) is 56.1 Å². The lowest BCUT2D eigenvalue weighted by Gasteiger charge is -2.22. The molecule has 88 valence electrons. The molecule has 1 aromatic rings. The predicted molar refractivity (Wildman–Crippen MR) is 60.6 cm³/mol. The van der Waals surface area contributed by atoms with E-state index in [0.717, 1.165) is 24.5 Å². The van der Waals surface area contributed by atoms with Crippen LogP contribution in [0.4, 0.5) is 5.82 Å². The third-order valence-electron chi connectivity index (χ3n) is 2.76. The minimum atomic E-state index is -0.289. The van der Waals surface area contributed by atoms with E-state index in [1.807, 2.05) is 11.6 Å². The molecule has 0 radical (unpaired) electrons. The summed E-state index contributed by atoms with van der Waals surface area (Å²) in [5.41, 5.74) is 1.31. The van der Waals surface area contributed by atoms with Gasteiger partial charge >= 0.3 is 5.97 Å². The van der Waals surface area contributed by atoms with Crippen molar-refractivity contribution in [1.29, 1.82) is 0 Å². The number of fused-ring (bicyclic) bond motifs is 1. The maximum absolute atomic E-state index is 11.8. The van der Waals surface area contributed by atoms with Crippen LogP contribution in [0.2, 0.25) is 0 Å². The number of rotatable bonds is 2. The second kappa shape index (κ2) is 4.15. The Labute approximate surface area is 94.8 Å². The molecule has 0 fully saturated rings. The van der Waals surface area contributed by atoms with Crippen LogP contribution in [0.5, 0.6) is 0 Å². The first-order chi connectivity index (χ1) is 7.63. The lowest BCUT2D eigenvalue weighted by atomic mass is 10.1. The molecule has 0 bridgehead atoms. The second-order valence-corrected chi connectivity index (χ2v) is 4.09. The van der Waals surface area contributed by atoms with Gasteiger partial charge in [-0.1, -0.05) is 0 Å². The lowest BCUT2D eigenvalue weighted by Crippen LogP contribution is -2.27. The third kappa shape index (κ3) is 1.77. The molecule has 1 aliphatic rings. The highest BCUT2D eigenvalue weighted by Gasteiger charge is 2.26. The van der Waals surface area contributed by atoms with Gasteiger partial charge in [0.05, 0.1) is 12.3 Å². The van der Waals surface area contributed by atoms with E-state index < -0.39 is 0 Å². The van der Waals surface area contributed by atoms with E-state index in [-0.39, 0.29) is 5.97 Å². The molecule has 1 N–H and O–H groups in total. The van der Waals surface area contributed by atoms with Gasteiger partial charge in [-0.25, -0.2) is 9.48 Å². The average molecular weight is 223 g/mol. The predicted octanol–water partition coefficient (Wildman–Crippen LogP) is 1.57. The Hall–Kier alpha value is -1.52. The number of carbonyl (C=O) groups is 1. The fourth-order valence-corrected chi connectivity index (χ4v) is 1.96. The Morgan fingerprint density at radius 3 is 3.12 bits per heavy atom. The van der Waals surface area contributed by atoms with Gasteiger partial charge in [0.25, 0.3) is 0 Å². The fraction of sp³-hybridized carbons (Fsp3) is 0.636. The average Bonchev–Trinajstić information content (AvgIpc) is 2.53. The molecule has 2 rings (SSSR count). The summed E-state index contributed by atoms with van der Waals surface area (Å²) in [4.78, 5) is 11.8. The van der Waals surface area contributed by atoms with Gasteiger partial charge in [-0.2, -0.15) is 5.10 Å². The van der Waals surface area contributed by atoms with E-state index in [0.29, 0.717) is 18.2 Å². The Morgan fingerprint density at radius 2 is 2.44 bits per heavy atom. The van der Waals surface area contributed by atoms with Crippen LogP contribution in [-0.2, 0) is 11.3 Å². The summed E-state index contributed by atoms with van der Waals surface area (Å²) < 4.78 is 6.88. The van der Waals surface area contributed by atoms with Gasteiger partial charge in [-0.3, -0.25) is 0 Å². The zero-order chi connectivity index (χ0) is 11.7. The van der Waals surface area contributed by atoms with Gasteiger partial charge in [0, 0.05) is 12.6 Å². The molecule has 1 aromatic heterocycles. The quantitative estimate of drug-likeness (QED) is 0.773. The number of carbonyl (C=O) groups excluding carboxylic acids is 1. The number of nitrogens with one attached hydrogen (secondary N) is 1. The van der Waals surface area contributed by atoms with Crippen molar-refractivity contribution in [2.45, 2.75) is 39.8 Å². The number of esters is 1. The largest absolute Gasteiger partial charge is 0.462 e. The molecule has 16 heavy (non-hydrogen) atoms. The standard InChI is InChI=1S/C11H17N3O2/c1-4-16-11(15)9-8(3)13-14-6-5-7(2)12-10(9)14/h7,12H,4-6H2,1-3H3. The Bertz CT molecular complexity index is 412. The summed E-state index contributed by atoms with van der Waals surface area (Å²) in [5, 5.41) is 7.63. The van der Waals surface area contributed by atoms with Gasteiger partial charge in [0.15, 0.2) is 0 Å². The van der Waals surface area contributed by atoms with E-state index in [1.54, 1.807) is 6.92 Å². The maximum atomic E-state index is 11.8. The summed E-state index contributed by atoms with van der Waals surface area (Å²) in [6.07, 6.45) is 1.02. The van der Waals surface area contributed by atoms with Crippen LogP contribution in [0.25, 0.3) is 0 Å². The van der Waals surface area contributed by atoms with Crippen molar-refractivity contribution in [3.8, 4) is 0 Å². The Balaban J connectivity index is 2.37. The zero-order valence-electron chi connectivity index (χ0n) is 9.91. The smallest absolute Gasteiger partial charge is 0.343 e. The molecular weight excluding hydrogens is 206 g/mol. The zero-order valence-corrected chi connectivity index (χ0v) is 9.91.